The van der Waals surface area contributed by atoms with Gasteiger partial charge in [-0.1, -0.05) is 33.6 Å². The topological polar surface area (TPSA) is 29.5 Å². The minimum absolute atomic E-state index is 0.0405. The lowest BCUT2D eigenvalue weighted by Gasteiger charge is -2.25. The molecule has 0 aromatic heterocycles. The van der Waals surface area contributed by atoms with E-state index in [4.69, 9.17) is 4.74 Å². The van der Waals surface area contributed by atoms with Crippen LogP contribution in [0.2, 0.25) is 0 Å². The van der Waals surface area contributed by atoms with E-state index in [1.807, 2.05) is 0 Å². The molecule has 19 heavy (non-hydrogen) atoms. The lowest BCUT2D eigenvalue weighted by Crippen LogP contribution is -2.13. The molecule has 0 heterocycles. The average Bonchev–Trinajstić information content (AvgIpc) is 2.83. The van der Waals surface area contributed by atoms with Gasteiger partial charge in [-0.15, -0.1) is 0 Å². The van der Waals surface area contributed by atoms with Crippen molar-refractivity contribution >= 4 is 0 Å². The van der Waals surface area contributed by atoms with Crippen molar-refractivity contribution in [3.05, 3.63) is 28.8 Å². The molecule has 106 valence electrons. The molecule has 1 aliphatic carbocycles. The third-order valence-electron chi connectivity index (χ3n) is 4.11. The number of benzene rings is 1. The normalized spacial score (nSPS) is 17.1. The van der Waals surface area contributed by atoms with Crippen molar-refractivity contribution in [3.63, 3.8) is 0 Å². The molecule has 0 saturated heterocycles. The number of hydrogen-bond acceptors (Lipinski definition) is 2. The summed E-state index contributed by atoms with van der Waals surface area (Å²) in [6, 6.07) is 4.24. The van der Waals surface area contributed by atoms with Crippen molar-refractivity contribution in [3.8, 4) is 5.75 Å². The smallest absolute Gasteiger partial charge is 0.122 e. The number of ether oxygens (including phenoxy) is 1. The van der Waals surface area contributed by atoms with Crippen molar-refractivity contribution in [2.75, 3.05) is 7.11 Å². The molecule has 2 heteroatoms. The molecule has 0 bridgehead atoms. The number of rotatable bonds is 3. The van der Waals surface area contributed by atoms with Crippen LogP contribution in [0.4, 0.5) is 0 Å². The van der Waals surface area contributed by atoms with Gasteiger partial charge in [0, 0.05) is 7.11 Å². The molecule has 0 unspecified atom stereocenters. The summed E-state index contributed by atoms with van der Waals surface area (Å²) in [6.45, 7) is 7.06. The van der Waals surface area contributed by atoms with E-state index in [1.54, 1.807) is 7.11 Å². The number of phenols is 1. The molecule has 2 nitrogen and oxygen atoms in total. The van der Waals surface area contributed by atoms with Gasteiger partial charge in [0.1, 0.15) is 5.75 Å². The minimum atomic E-state index is -0.0405. The molecule has 1 aromatic carbocycles. The van der Waals surface area contributed by atoms with Crippen LogP contribution in [0, 0.1) is 0 Å². The molecule has 1 fully saturated rings. The van der Waals surface area contributed by atoms with Crippen molar-refractivity contribution in [2.45, 2.75) is 64.4 Å². The fraction of sp³-hybridized carbons (Fsp3) is 0.647. The van der Waals surface area contributed by atoms with E-state index in [0.29, 0.717) is 18.3 Å². The summed E-state index contributed by atoms with van der Waals surface area (Å²) in [5, 5.41) is 10.6. The second-order valence-electron chi connectivity index (χ2n) is 6.75. The van der Waals surface area contributed by atoms with Crippen molar-refractivity contribution in [1.29, 1.82) is 0 Å². The van der Waals surface area contributed by atoms with Crippen LogP contribution in [0.1, 0.15) is 69.1 Å². The first-order chi connectivity index (χ1) is 8.93. The van der Waals surface area contributed by atoms with Gasteiger partial charge >= 0.3 is 0 Å². The first kappa shape index (κ1) is 14.4. The molecule has 1 N–H and O–H groups in total. The van der Waals surface area contributed by atoms with E-state index >= 15 is 0 Å². The van der Waals surface area contributed by atoms with Gasteiger partial charge in [0.15, 0.2) is 0 Å². The van der Waals surface area contributed by atoms with E-state index in [-0.39, 0.29) is 5.41 Å². The molecule has 0 spiro atoms. The molecule has 0 amide bonds. The van der Waals surface area contributed by atoms with Crippen LogP contribution in [-0.2, 0) is 16.8 Å². The Hall–Kier alpha value is -1.02. The van der Waals surface area contributed by atoms with Crippen LogP contribution in [0.5, 0.6) is 5.75 Å². The molecule has 0 atom stereocenters. The molecule has 0 aliphatic heterocycles. The highest BCUT2D eigenvalue weighted by Gasteiger charge is 2.26. The third kappa shape index (κ3) is 3.11. The van der Waals surface area contributed by atoms with Gasteiger partial charge in [-0.25, -0.2) is 0 Å². The fourth-order valence-electron chi connectivity index (χ4n) is 3.09. The Morgan fingerprint density at radius 3 is 2.37 bits per heavy atom. The highest BCUT2D eigenvalue weighted by atomic mass is 16.5. The Balaban J connectivity index is 2.48. The Bertz CT molecular complexity index is 437. The molecule has 1 saturated carbocycles. The number of methoxy groups -OCH3 is 1. The lowest BCUT2D eigenvalue weighted by atomic mass is 9.82. The molecule has 0 radical (unpaired) electrons. The van der Waals surface area contributed by atoms with E-state index in [0.717, 1.165) is 11.1 Å². The van der Waals surface area contributed by atoms with E-state index in [2.05, 4.69) is 32.9 Å². The number of phenolic OH excluding ortho intramolecular Hbond substituents is 1. The van der Waals surface area contributed by atoms with E-state index in [9.17, 15) is 5.11 Å². The fourth-order valence-corrected chi connectivity index (χ4v) is 3.09. The molecule has 1 aliphatic rings. The predicted octanol–water partition coefficient (Wildman–Crippen LogP) is 4.49. The summed E-state index contributed by atoms with van der Waals surface area (Å²) in [4.78, 5) is 0. The van der Waals surface area contributed by atoms with Gasteiger partial charge in [-0.3, -0.25) is 0 Å². The molecule has 2 rings (SSSR count). The quantitative estimate of drug-likeness (QED) is 0.869. The maximum atomic E-state index is 10.6. The van der Waals surface area contributed by atoms with Gasteiger partial charge in [0.05, 0.1) is 6.61 Å². The first-order valence-electron chi connectivity index (χ1n) is 7.28. The summed E-state index contributed by atoms with van der Waals surface area (Å²) >= 11 is 0. The molecular formula is C17H26O2. The monoisotopic (exact) mass is 262 g/mol. The van der Waals surface area contributed by atoms with Gasteiger partial charge in [0.25, 0.3) is 0 Å². The lowest BCUT2D eigenvalue weighted by molar-refractivity contribution is 0.184. The van der Waals surface area contributed by atoms with Crippen molar-refractivity contribution < 1.29 is 9.84 Å². The highest BCUT2D eigenvalue weighted by Crippen LogP contribution is 2.43. The summed E-state index contributed by atoms with van der Waals surface area (Å²) in [6.07, 6.45) is 4.97. The Kier molecular flexibility index (Phi) is 4.19. The minimum Gasteiger partial charge on any atom is -0.507 e. The zero-order valence-corrected chi connectivity index (χ0v) is 12.6. The van der Waals surface area contributed by atoms with E-state index in [1.165, 1.54) is 31.2 Å². The average molecular weight is 262 g/mol. The van der Waals surface area contributed by atoms with Crippen LogP contribution in [0.15, 0.2) is 12.1 Å². The summed E-state index contributed by atoms with van der Waals surface area (Å²) in [7, 11) is 1.72. The van der Waals surface area contributed by atoms with E-state index < -0.39 is 0 Å². The summed E-state index contributed by atoms with van der Waals surface area (Å²) in [5.41, 5.74) is 3.31. The van der Waals surface area contributed by atoms with Gasteiger partial charge in [-0.05, 0) is 53.0 Å². The number of aromatic hydroxyl groups is 1. The summed E-state index contributed by atoms with van der Waals surface area (Å²) in [5.74, 6) is 1.04. The summed E-state index contributed by atoms with van der Waals surface area (Å²) < 4.78 is 5.27. The van der Waals surface area contributed by atoms with Crippen molar-refractivity contribution in [1.82, 2.24) is 0 Å². The molecular weight excluding hydrogens is 236 g/mol. The van der Waals surface area contributed by atoms with Crippen LogP contribution in [0.25, 0.3) is 0 Å². The van der Waals surface area contributed by atoms with Crippen LogP contribution < -0.4 is 0 Å². The van der Waals surface area contributed by atoms with Gasteiger partial charge in [-0.2, -0.15) is 0 Å². The Morgan fingerprint density at radius 2 is 1.84 bits per heavy atom. The number of hydrogen-bond donors (Lipinski definition) is 1. The van der Waals surface area contributed by atoms with Gasteiger partial charge < -0.3 is 9.84 Å². The highest BCUT2D eigenvalue weighted by molar-refractivity contribution is 5.48. The second kappa shape index (κ2) is 5.54. The molecule has 1 aromatic rings. The van der Waals surface area contributed by atoms with Crippen LogP contribution in [0.3, 0.4) is 0 Å². The van der Waals surface area contributed by atoms with Crippen LogP contribution >= 0.6 is 0 Å². The van der Waals surface area contributed by atoms with Crippen LogP contribution in [-0.4, -0.2) is 12.2 Å². The maximum Gasteiger partial charge on any atom is 0.122 e. The van der Waals surface area contributed by atoms with Crippen molar-refractivity contribution in [2.24, 2.45) is 0 Å². The predicted molar refractivity (Wildman–Crippen MR) is 78.7 cm³/mol. The maximum absolute atomic E-state index is 10.6. The zero-order valence-electron chi connectivity index (χ0n) is 12.6. The third-order valence-corrected chi connectivity index (χ3v) is 4.11. The Morgan fingerprint density at radius 1 is 1.21 bits per heavy atom. The first-order valence-corrected chi connectivity index (χ1v) is 7.28. The SMILES string of the molecule is COCc1cc(C2CCCC2)c(O)c(C(C)(C)C)c1. The zero-order chi connectivity index (χ0) is 14.0. The second-order valence-corrected chi connectivity index (χ2v) is 6.75. The standard InChI is InChI=1S/C17H26O2/c1-17(2,3)15-10-12(11-19-4)9-14(16(15)18)13-7-5-6-8-13/h9-10,13,18H,5-8,11H2,1-4H3. The Labute approximate surface area is 116 Å². The van der Waals surface area contributed by atoms with Gasteiger partial charge in [0.2, 0.25) is 0 Å². The largest absolute Gasteiger partial charge is 0.507 e.